The van der Waals surface area contributed by atoms with Crippen molar-refractivity contribution in [3.8, 4) is 0 Å². The molecule has 1 saturated heterocycles. The lowest BCUT2D eigenvalue weighted by Gasteiger charge is -2.32. The van der Waals surface area contributed by atoms with Gasteiger partial charge in [0, 0.05) is 13.1 Å². The summed E-state index contributed by atoms with van der Waals surface area (Å²) in [6, 6.07) is 0. The molecule has 1 fully saturated rings. The monoisotopic (exact) mass is 320 g/mol. The summed E-state index contributed by atoms with van der Waals surface area (Å²) in [7, 11) is 2.00. The molecule has 1 aromatic rings. The number of hydrogen-bond acceptors (Lipinski definition) is 3. The van der Waals surface area contributed by atoms with Gasteiger partial charge in [-0.15, -0.1) is 0 Å². The van der Waals surface area contributed by atoms with Crippen LogP contribution in [0.4, 0.5) is 0 Å². The molecule has 0 aliphatic carbocycles. The van der Waals surface area contributed by atoms with E-state index in [2.05, 4.69) is 38.1 Å². The Morgan fingerprint density at radius 3 is 2.52 bits per heavy atom. The number of likely N-dealkylation sites (tertiary alicyclic amines) is 1. The molecular formula is C18H32N4O. The van der Waals surface area contributed by atoms with Crippen molar-refractivity contribution in [3.63, 3.8) is 0 Å². The largest absolute Gasteiger partial charge is 0.339 e. The van der Waals surface area contributed by atoms with Gasteiger partial charge in [0.05, 0.1) is 23.0 Å². The molecule has 1 amide bonds. The number of piperidine rings is 1. The minimum atomic E-state index is -0.0932. The van der Waals surface area contributed by atoms with Crippen molar-refractivity contribution in [2.75, 3.05) is 26.7 Å². The lowest BCUT2D eigenvalue weighted by Crippen LogP contribution is -2.39. The molecule has 23 heavy (non-hydrogen) atoms. The third-order valence-corrected chi connectivity index (χ3v) is 4.77. The number of aromatic nitrogens is 2. The normalized spacial score (nSPS) is 16.8. The van der Waals surface area contributed by atoms with Crippen molar-refractivity contribution in [1.29, 1.82) is 0 Å². The van der Waals surface area contributed by atoms with E-state index in [4.69, 9.17) is 0 Å². The molecule has 1 aromatic heterocycles. The van der Waals surface area contributed by atoms with E-state index in [1.54, 1.807) is 6.20 Å². The van der Waals surface area contributed by atoms with Crippen molar-refractivity contribution in [3.05, 3.63) is 17.5 Å². The van der Waals surface area contributed by atoms with Gasteiger partial charge in [-0.05, 0) is 66.0 Å². The molecule has 2 heterocycles. The Balaban J connectivity index is 2.06. The number of rotatable bonds is 5. The average Bonchev–Trinajstić information content (AvgIpc) is 2.96. The molecule has 1 aliphatic rings. The van der Waals surface area contributed by atoms with Crippen molar-refractivity contribution < 1.29 is 4.79 Å². The fourth-order valence-electron chi connectivity index (χ4n) is 3.41. The van der Waals surface area contributed by atoms with Gasteiger partial charge in [-0.1, -0.05) is 6.92 Å². The SMILES string of the molecule is CCc1c(C(=O)N2CCC(CCNC)CC2)cnn1C(C)(C)C. The summed E-state index contributed by atoms with van der Waals surface area (Å²) in [6.45, 7) is 11.3. The first-order valence-corrected chi connectivity index (χ1v) is 8.89. The van der Waals surface area contributed by atoms with E-state index in [1.165, 1.54) is 6.42 Å². The van der Waals surface area contributed by atoms with Crippen LogP contribution in [0.5, 0.6) is 0 Å². The summed E-state index contributed by atoms with van der Waals surface area (Å²) in [4.78, 5) is 14.9. The van der Waals surface area contributed by atoms with Gasteiger partial charge in [-0.3, -0.25) is 9.48 Å². The van der Waals surface area contributed by atoms with Gasteiger partial charge in [-0.2, -0.15) is 5.10 Å². The summed E-state index contributed by atoms with van der Waals surface area (Å²) >= 11 is 0. The molecule has 0 radical (unpaired) electrons. The van der Waals surface area contributed by atoms with Crippen LogP contribution in [-0.4, -0.2) is 47.3 Å². The standard InChI is InChI=1S/C18H32N4O/c1-6-16-15(13-20-22(16)18(2,3)4)17(23)21-11-8-14(9-12-21)7-10-19-5/h13-14,19H,6-12H2,1-5H3. The summed E-state index contributed by atoms with van der Waals surface area (Å²) < 4.78 is 2.00. The third kappa shape index (κ3) is 4.14. The lowest BCUT2D eigenvalue weighted by atomic mass is 9.93. The van der Waals surface area contributed by atoms with Crippen molar-refractivity contribution in [1.82, 2.24) is 20.0 Å². The second kappa shape index (κ2) is 7.47. The van der Waals surface area contributed by atoms with E-state index >= 15 is 0 Å². The van der Waals surface area contributed by atoms with Gasteiger partial charge in [0.15, 0.2) is 0 Å². The van der Waals surface area contributed by atoms with E-state index in [9.17, 15) is 4.79 Å². The molecule has 5 heteroatoms. The van der Waals surface area contributed by atoms with E-state index in [-0.39, 0.29) is 11.4 Å². The van der Waals surface area contributed by atoms with Crippen LogP contribution in [0.15, 0.2) is 6.20 Å². The minimum absolute atomic E-state index is 0.0932. The molecule has 1 N–H and O–H groups in total. The maximum Gasteiger partial charge on any atom is 0.257 e. The Morgan fingerprint density at radius 2 is 2.00 bits per heavy atom. The zero-order chi connectivity index (χ0) is 17.0. The van der Waals surface area contributed by atoms with Crippen LogP contribution in [0, 0.1) is 5.92 Å². The smallest absolute Gasteiger partial charge is 0.257 e. The van der Waals surface area contributed by atoms with Gasteiger partial charge in [0.2, 0.25) is 0 Å². The number of hydrogen-bond donors (Lipinski definition) is 1. The molecule has 5 nitrogen and oxygen atoms in total. The molecule has 0 bridgehead atoms. The average molecular weight is 320 g/mol. The molecule has 0 saturated carbocycles. The van der Waals surface area contributed by atoms with Gasteiger partial charge >= 0.3 is 0 Å². The van der Waals surface area contributed by atoms with Crippen LogP contribution in [0.2, 0.25) is 0 Å². The first kappa shape index (κ1) is 18.0. The Bertz CT molecular complexity index is 522. The third-order valence-electron chi connectivity index (χ3n) is 4.77. The van der Waals surface area contributed by atoms with Crippen molar-refractivity contribution in [2.24, 2.45) is 5.92 Å². The molecule has 0 atom stereocenters. The molecule has 130 valence electrons. The first-order valence-electron chi connectivity index (χ1n) is 8.89. The number of nitrogens with one attached hydrogen (secondary N) is 1. The first-order chi connectivity index (χ1) is 10.9. The fraction of sp³-hybridized carbons (Fsp3) is 0.778. The molecular weight excluding hydrogens is 288 g/mol. The highest BCUT2D eigenvalue weighted by Gasteiger charge is 2.28. The molecule has 0 unspecified atom stereocenters. The van der Waals surface area contributed by atoms with Crippen molar-refractivity contribution in [2.45, 2.75) is 58.9 Å². The van der Waals surface area contributed by atoms with Crippen LogP contribution >= 0.6 is 0 Å². The summed E-state index contributed by atoms with van der Waals surface area (Å²) in [5.41, 5.74) is 1.75. The molecule has 2 rings (SSSR count). The Labute approximate surface area is 140 Å². The van der Waals surface area contributed by atoms with Crippen LogP contribution in [0.1, 0.15) is 63.0 Å². The number of amides is 1. The fourth-order valence-corrected chi connectivity index (χ4v) is 3.41. The Kier molecular flexibility index (Phi) is 5.84. The van der Waals surface area contributed by atoms with Crippen LogP contribution in [-0.2, 0) is 12.0 Å². The summed E-state index contributed by atoms with van der Waals surface area (Å²) in [5.74, 6) is 0.902. The number of carbonyl (C=O) groups excluding carboxylic acids is 1. The maximum atomic E-state index is 12.9. The maximum absolute atomic E-state index is 12.9. The lowest BCUT2D eigenvalue weighted by molar-refractivity contribution is 0.0685. The van der Waals surface area contributed by atoms with Crippen molar-refractivity contribution >= 4 is 5.91 Å². The Hall–Kier alpha value is -1.36. The zero-order valence-corrected chi connectivity index (χ0v) is 15.4. The van der Waals surface area contributed by atoms with Crippen LogP contribution < -0.4 is 5.32 Å². The van der Waals surface area contributed by atoms with E-state index in [0.29, 0.717) is 0 Å². The highest BCUT2D eigenvalue weighted by molar-refractivity contribution is 5.95. The van der Waals surface area contributed by atoms with E-state index < -0.39 is 0 Å². The van der Waals surface area contributed by atoms with Gasteiger partial charge in [-0.25, -0.2) is 0 Å². The van der Waals surface area contributed by atoms with Gasteiger partial charge < -0.3 is 10.2 Å². The number of carbonyl (C=O) groups is 1. The molecule has 0 spiro atoms. The number of nitrogens with zero attached hydrogens (tertiary/aromatic N) is 3. The highest BCUT2D eigenvalue weighted by atomic mass is 16.2. The molecule has 1 aliphatic heterocycles. The highest BCUT2D eigenvalue weighted by Crippen LogP contribution is 2.24. The van der Waals surface area contributed by atoms with Gasteiger partial charge in [0.25, 0.3) is 5.91 Å². The summed E-state index contributed by atoms with van der Waals surface area (Å²) in [6.07, 6.45) is 6.03. The topological polar surface area (TPSA) is 50.2 Å². The molecule has 0 aromatic carbocycles. The summed E-state index contributed by atoms with van der Waals surface area (Å²) in [5, 5.41) is 7.71. The second-order valence-corrected chi connectivity index (χ2v) is 7.57. The van der Waals surface area contributed by atoms with Crippen LogP contribution in [0.3, 0.4) is 0 Å². The van der Waals surface area contributed by atoms with E-state index in [1.807, 2.05) is 16.6 Å². The quantitative estimate of drug-likeness (QED) is 0.907. The zero-order valence-electron chi connectivity index (χ0n) is 15.4. The van der Waals surface area contributed by atoms with E-state index in [0.717, 1.165) is 56.1 Å². The minimum Gasteiger partial charge on any atom is -0.339 e. The predicted octanol–water partition coefficient (Wildman–Crippen LogP) is 2.66. The van der Waals surface area contributed by atoms with Crippen LogP contribution in [0.25, 0.3) is 0 Å². The second-order valence-electron chi connectivity index (χ2n) is 7.57. The Morgan fingerprint density at radius 1 is 1.35 bits per heavy atom. The predicted molar refractivity (Wildman–Crippen MR) is 93.8 cm³/mol. The van der Waals surface area contributed by atoms with Gasteiger partial charge in [0.1, 0.15) is 0 Å².